The first kappa shape index (κ1) is 20.6. The highest BCUT2D eigenvalue weighted by Crippen LogP contribution is 2.33. The Hall–Kier alpha value is -2.67. The van der Waals surface area contributed by atoms with Crippen LogP contribution in [-0.4, -0.2) is 24.3 Å². The van der Waals surface area contributed by atoms with Crippen molar-refractivity contribution < 1.29 is 8.42 Å². The number of rotatable bonds is 6. The van der Waals surface area contributed by atoms with E-state index in [4.69, 9.17) is 10.9 Å². The minimum atomic E-state index is -3.69. The maximum Gasteiger partial charge on any atom is 0.210 e. The number of sulfonamides is 1. The van der Waals surface area contributed by atoms with Crippen molar-refractivity contribution in [1.29, 1.82) is 0 Å². The third-order valence-corrected chi connectivity index (χ3v) is 6.17. The highest BCUT2D eigenvalue weighted by Gasteiger charge is 2.23. The number of aromatic nitrogens is 1. The van der Waals surface area contributed by atoms with Crippen LogP contribution in [0.1, 0.15) is 30.9 Å². The van der Waals surface area contributed by atoms with E-state index in [1.165, 1.54) is 0 Å². The van der Waals surface area contributed by atoms with Crippen LogP contribution in [0.2, 0.25) is 0 Å². The number of primary sulfonamides is 1. The fourth-order valence-corrected chi connectivity index (χ4v) is 4.98. The Balaban J connectivity index is 1.89. The van der Waals surface area contributed by atoms with Gasteiger partial charge in [-0.1, -0.05) is 54.6 Å². The fourth-order valence-electron chi connectivity index (χ4n) is 4.15. The summed E-state index contributed by atoms with van der Waals surface area (Å²) in [6.45, 7) is 4.64. The summed E-state index contributed by atoms with van der Waals surface area (Å²) in [4.78, 5) is 0. The van der Waals surface area contributed by atoms with Gasteiger partial charge in [0.15, 0.2) is 0 Å². The quantitative estimate of drug-likeness (QED) is 0.494. The molecule has 1 heterocycles. The van der Waals surface area contributed by atoms with E-state index < -0.39 is 10.0 Å². The van der Waals surface area contributed by atoms with E-state index in [0.29, 0.717) is 6.54 Å². The van der Waals surface area contributed by atoms with E-state index >= 15 is 0 Å². The summed E-state index contributed by atoms with van der Waals surface area (Å²) < 4.78 is 26.4. The molecule has 0 spiro atoms. The first-order valence-corrected chi connectivity index (χ1v) is 11.7. The van der Waals surface area contributed by atoms with Gasteiger partial charge in [-0.05, 0) is 53.3 Å². The van der Waals surface area contributed by atoms with E-state index in [-0.39, 0.29) is 17.2 Å². The van der Waals surface area contributed by atoms with Crippen molar-refractivity contribution in [2.45, 2.75) is 31.8 Å². The molecule has 0 aliphatic heterocycles. The van der Waals surface area contributed by atoms with Crippen LogP contribution in [0, 0.1) is 0 Å². The van der Waals surface area contributed by atoms with Crippen molar-refractivity contribution in [3.05, 3.63) is 84.1 Å². The number of nitrogens with two attached hydrogens (primary N) is 2. The van der Waals surface area contributed by atoms with Crippen molar-refractivity contribution in [3.63, 3.8) is 0 Å². The van der Waals surface area contributed by atoms with Crippen LogP contribution in [-0.2, 0) is 16.6 Å². The first-order chi connectivity index (χ1) is 14.1. The number of fused-ring (bicyclic) bond motifs is 2. The van der Waals surface area contributed by atoms with Gasteiger partial charge in [0.2, 0.25) is 10.0 Å². The molecule has 0 aliphatic carbocycles. The van der Waals surface area contributed by atoms with Gasteiger partial charge in [-0.15, -0.1) is 0 Å². The Labute approximate surface area is 177 Å². The lowest BCUT2D eigenvalue weighted by atomic mass is 9.89. The molecule has 0 radical (unpaired) electrons. The second kappa shape index (κ2) is 7.54. The Morgan fingerprint density at radius 1 is 0.967 bits per heavy atom. The SMILES string of the molecule is CC(C)(N)Cn1ccc2ccc(C(CS(N)(=O)=O)c3cccc4ccccc34)cc21. The highest BCUT2D eigenvalue weighted by atomic mass is 32.2. The standard InChI is InChI=1S/C24H27N3O2S/c1-24(2,25)16-27-13-12-18-10-11-19(14-23(18)27)22(15-30(26,28)29)21-9-5-7-17-6-3-4-8-20(17)21/h3-14,22H,15-16,25H2,1-2H3,(H2,26,28,29). The molecular formula is C24H27N3O2S. The second-order valence-corrected chi connectivity index (χ2v) is 10.4. The van der Waals surface area contributed by atoms with E-state index in [1.807, 2.05) is 74.6 Å². The monoisotopic (exact) mass is 421 g/mol. The molecule has 4 aromatic rings. The lowest BCUT2D eigenvalue weighted by Crippen LogP contribution is -2.36. The summed E-state index contributed by atoms with van der Waals surface area (Å²) >= 11 is 0. The van der Waals surface area contributed by atoms with Crippen LogP contribution in [0.5, 0.6) is 0 Å². The molecule has 30 heavy (non-hydrogen) atoms. The van der Waals surface area contributed by atoms with Gasteiger partial charge in [0.25, 0.3) is 0 Å². The zero-order valence-corrected chi connectivity index (χ0v) is 18.1. The summed E-state index contributed by atoms with van der Waals surface area (Å²) in [7, 11) is -3.69. The number of hydrogen-bond acceptors (Lipinski definition) is 3. The molecule has 1 unspecified atom stereocenters. The van der Waals surface area contributed by atoms with Gasteiger partial charge in [0, 0.05) is 29.7 Å². The molecule has 4 N–H and O–H groups in total. The summed E-state index contributed by atoms with van der Waals surface area (Å²) in [5.41, 5.74) is 8.78. The van der Waals surface area contributed by atoms with Crippen molar-refractivity contribution in [3.8, 4) is 0 Å². The van der Waals surface area contributed by atoms with Crippen molar-refractivity contribution in [2.75, 3.05) is 5.75 Å². The molecule has 6 heteroatoms. The highest BCUT2D eigenvalue weighted by molar-refractivity contribution is 7.89. The molecule has 0 saturated heterocycles. The molecule has 3 aromatic carbocycles. The largest absolute Gasteiger partial charge is 0.346 e. The summed E-state index contributed by atoms with van der Waals surface area (Å²) in [5, 5.41) is 8.71. The van der Waals surface area contributed by atoms with Crippen LogP contribution in [0.3, 0.4) is 0 Å². The third kappa shape index (κ3) is 4.41. The third-order valence-electron chi connectivity index (χ3n) is 5.38. The molecule has 0 bridgehead atoms. The van der Waals surface area contributed by atoms with E-state index in [1.54, 1.807) is 0 Å². The number of hydrogen-bond donors (Lipinski definition) is 2. The molecule has 0 saturated carbocycles. The summed E-state index contributed by atoms with van der Waals surface area (Å²) in [6, 6.07) is 22.1. The van der Waals surface area contributed by atoms with Gasteiger partial charge in [-0.2, -0.15) is 0 Å². The number of benzene rings is 3. The van der Waals surface area contributed by atoms with Gasteiger partial charge >= 0.3 is 0 Å². The van der Waals surface area contributed by atoms with Crippen LogP contribution in [0.4, 0.5) is 0 Å². The molecule has 0 amide bonds. The molecule has 4 rings (SSSR count). The van der Waals surface area contributed by atoms with Crippen LogP contribution in [0.15, 0.2) is 72.9 Å². The average Bonchev–Trinajstić information content (AvgIpc) is 3.05. The van der Waals surface area contributed by atoms with Crippen molar-refractivity contribution >= 4 is 31.7 Å². The molecule has 1 atom stereocenters. The van der Waals surface area contributed by atoms with Crippen molar-refractivity contribution in [2.24, 2.45) is 10.9 Å². The Morgan fingerprint density at radius 3 is 2.43 bits per heavy atom. The lowest BCUT2D eigenvalue weighted by molar-refractivity contribution is 0.441. The van der Waals surface area contributed by atoms with E-state index in [2.05, 4.69) is 16.7 Å². The summed E-state index contributed by atoms with van der Waals surface area (Å²) in [6.07, 6.45) is 2.02. The normalized spacial score (nSPS) is 13.7. The Bertz CT molecular complexity index is 1310. The molecule has 0 aliphatic rings. The minimum Gasteiger partial charge on any atom is -0.346 e. The molecular weight excluding hydrogens is 394 g/mol. The topological polar surface area (TPSA) is 91.1 Å². The maximum absolute atomic E-state index is 12.1. The predicted molar refractivity (Wildman–Crippen MR) is 124 cm³/mol. The zero-order valence-electron chi connectivity index (χ0n) is 17.2. The molecule has 1 aromatic heterocycles. The molecule has 156 valence electrons. The van der Waals surface area contributed by atoms with E-state index in [0.717, 1.165) is 32.8 Å². The van der Waals surface area contributed by atoms with Gasteiger partial charge in [-0.25, -0.2) is 13.6 Å². The predicted octanol–water partition coefficient (Wildman–Crippen LogP) is 3.95. The van der Waals surface area contributed by atoms with Crippen LogP contribution in [0.25, 0.3) is 21.7 Å². The van der Waals surface area contributed by atoms with Crippen LogP contribution >= 0.6 is 0 Å². The second-order valence-electron chi connectivity index (χ2n) is 8.70. The van der Waals surface area contributed by atoms with Gasteiger partial charge < -0.3 is 10.3 Å². The zero-order chi connectivity index (χ0) is 21.5. The van der Waals surface area contributed by atoms with Crippen LogP contribution < -0.4 is 10.9 Å². The summed E-state index contributed by atoms with van der Waals surface area (Å²) in [5.74, 6) is -0.528. The minimum absolute atomic E-state index is 0.157. The Morgan fingerprint density at radius 2 is 1.70 bits per heavy atom. The smallest absolute Gasteiger partial charge is 0.210 e. The van der Waals surface area contributed by atoms with Gasteiger partial charge in [0.05, 0.1) is 5.75 Å². The van der Waals surface area contributed by atoms with Gasteiger partial charge in [-0.3, -0.25) is 0 Å². The first-order valence-electron chi connectivity index (χ1n) is 9.96. The van der Waals surface area contributed by atoms with E-state index in [9.17, 15) is 8.42 Å². The fraction of sp³-hybridized carbons (Fsp3) is 0.250. The molecule has 5 nitrogen and oxygen atoms in total. The lowest BCUT2D eigenvalue weighted by Gasteiger charge is -2.22. The Kier molecular flexibility index (Phi) is 5.18. The maximum atomic E-state index is 12.1. The number of nitrogens with zero attached hydrogens (tertiary/aromatic N) is 1. The molecule has 0 fully saturated rings. The van der Waals surface area contributed by atoms with Gasteiger partial charge in [0.1, 0.15) is 0 Å². The van der Waals surface area contributed by atoms with Crippen molar-refractivity contribution in [1.82, 2.24) is 4.57 Å². The average molecular weight is 422 g/mol.